The van der Waals surface area contributed by atoms with Crippen LogP contribution in [0.15, 0.2) is 77.9 Å². The summed E-state index contributed by atoms with van der Waals surface area (Å²) < 4.78 is 5.28. The van der Waals surface area contributed by atoms with Gasteiger partial charge in [-0.3, -0.25) is 10.1 Å². The maximum atomic E-state index is 5.28. The Labute approximate surface area is 173 Å². The number of nitrogens with one attached hydrogen (secondary N) is 3. The fourth-order valence-electron chi connectivity index (χ4n) is 4.15. The van der Waals surface area contributed by atoms with E-state index in [0.29, 0.717) is 0 Å². The number of rotatable bonds is 3. The molecule has 1 aliphatic heterocycles. The van der Waals surface area contributed by atoms with Crippen LogP contribution >= 0.6 is 0 Å². The largest absolute Gasteiger partial charge is 0.472 e. The summed E-state index contributed by atoms with van der Waals surface area (Å²) in [6, 6.07) is 16.6. The first-order chi connectivity index (χ1) is 14.8. The zero-order valence-electron chi connectivity index (χ0n) is 16.3. The van der Waals surface area contributed by atoms with Gasteiger partial charge < -0.3 is 15.1 Å². The fraction of sp³-hybridized carbons (Fsp3) is 0.0833. The Morgan fingerprint density at radius 3 is 2.80 bits per heavy atom. The second kappa shape index (κ2) is 6.49. The number of furan rings is 1. The van der Waals surface area contributed by atoms with Crippen molar-refractivity contribution in [1.29, 1.82) is 0 Å². The molecule has 0 spiro atoms. The fourth-order valence-corrected chi connectivity index (χ4v) is 4.15. The Morgan fingerprint density at radius 2 is 1.93 bits per heavy atom. The molecule has 1 atom stereocenters. The smallest absolute Gasteiger partial charge is 0.141 e. The van der Waals surface area contributed by atoms with Crippen molar-refractivity contribution in [3.63, 3.8) is 0 Å². The molecule has 0 fully saturated rings. The number of benzene rings is 2. The van der Waals surface area contributed by atoms with Crippen molar-refractivity contribution < 1.29 is 4.42 Å². The first-order valence-electron chi connectivity index (χ1n) is 9.85. The normalized spacial score (nSPS) is 15.0. The lowest BCUT2D eigenvalue weighted by Gasteiger charge is -2.12. The van der Waals surface area contributed by atoms with Crippen LogP contribution in [0.1, 0.15) is 17.4 Å². The van der Waals surface area contributed by atoms with Gasteiger partial charge in [-0.15, -0.1) is 0 Å². The van der Waals surface area contributed by atoms with Crippen molar-refractivity contribution in [3.05, 3.63) is 84.7 Å². The molecule has 0 aliphatic carbocycles. The standard InChI is InChI=1S/C24H19N5O/c1-14-7-9-25-12-19(14)15-5-6-20-18(11-15)23(29-28-20)24-26-21-4-2-3-17(22(21)27-24)16-8-10-30-13-16/h2-13,24,26-27H,1H3,(H,28,29). The van der Waals surface area contributed by atoms with E-state index in [2.05, 4.69) is 63.1 Å². The summed E-state index contributed by atoms with van der Waals surface area (Å²) in [7, 11) is 0. The van der Waals surface area contributed by atoms with Gasteiger partial charge in [-0.1, -0.05) is 18.2 Å². The summed E-state index contributed by atoms with van der Waals surface area (Å²) in [6.45, 7) is 2.10. The summed E-state index contributed by atoms with van der Waals surface area (Å²) in [5.74, 6) is 0. The molecular weight excluding hydrogens is 374 g/mol. The van der Waals surface area contributed by atoms with Gasteiger partial charge in [0.05, 0.1) is 35.1 Å². The highest BCUT2D eigenvalue weighted by atomic mass is 16.3. The number of anilines is 2. The molecule has 6 nitrogen and oxygen atoms in total. The van der Waals surface area contributed by atoms with Gasteiger partial charge in [0.25, 0.3) is 0 Å². The molecule has 0 saturated carbocycles. The Morgan fingerprint density at radius 1 is 0.967 bits per heavy atom. The number of hydrogen-bond acceptors (Lipinski definition) is 5. The number of para-hydroxylation sites is 1. The van der Waals surface area contributed by atoms with Crippen molar-refractivity contribution in [2.45, 2.75) is 13.1 Å². The molecule has 6 rings (SSSR count). The third-order valence-corrected chi connectivity index (χ3v) is 5.71. The third-order valence-electron chi connectivity index (χ3n) is 5.71. The maximum absolute atomic E-state index is 5.28. The predicted octanol–water partition coefficient (Wildman–Crippen LogP) is 5.73. The number of aromatic nitrogens is 3. The molecule has 0 radical (unpaired) electrons. The van der Waals surface area contributed by atoms with Gasteiger partial charge in [0, 0.05) is 34.5 Å². The number of fused-ring (bicyclic) bond motifs is 2. The van der Waals surface area contributed by atoms with E-state index in [1.54, 1.807) is 12.5 Å². The molecule has 0 saturated heterocycles. The molecule has 0 amide bonds. The first-order valence-corrected chi connectivity index (χ1v) is 9.85. The predicted molar refractivity (Wildman–Crippen MR) is 118 cm³/mol. The number of nitrogens with zero attached hydrogens (tertiary/aromatic N) is 2. The van der Waals surface area contributed by atoms with Gasteiger partial charge in [0.1, 0.15) is 6.17 Å². The number of aryl methyl sites for hydroxylation is 1. The Balaban J connectivity index is 1.41. The summed E-state index contributed by atoms with van der Waals surface area (Å²) in [5, 5.41) is 16.0. The van der Waals surface area contributed by atoms with Gasteiger partial charge in [-0.25, -0.2) is 0 Å². The monoisotopic (exact) mass is 393 g/mol. The van der Waals surface area contributed by atoms with Crippen LogP contribution in [0, 0.1) is 6.92 Å². The van der Waals surface area contributed by atoms with Crippen molar-refractivity contribution in [3.8, 4) is 22.3 Å². The summed E-state index contributed by atoms with van der Waals surface area (Å²) in [5.41, 5.74) is 9.66. The van der Waals surface area contributed by atoms with Crippen LogP contribution in [-0.2, 0) is 0 Å². The highest BCUT2D eigenvalue weighted by Gasteiger charge is 2.27. The number of aromatic amines is 1. The Kier molecular flexibility index (Phi) is 3.64. The van der Waals surface area contributed by atoms with Crippen molar-refractivity contribution in [2.75, 3.05) is 10.6 Å². The Bertz CT molecular complexity index is 1370. The SMILES string of the molecule is Cc1ccncc1-c1ccc2n[nH]c(C3Nc4cccc(-c5ccoc5)c4N3)c2c1. The zero-order valence-corrected chi connectivity index (χ0v) is 16.3. The highest BCUT2D eigenvalue weighted by molar-refractivity contribution is 5.92. The highest BCUT2D eigenvalue weighted by Crippen LogP contribution is 2.43. The summed E-state index contributed by atoms with van der Waals surface area (Å²) in [4.78, 5) is 4.29. The van der Waals surface area contributed by atoms with Crippen molar-refractivity contribution >= 4 is 22.3 Å². The van der Waals surface area contributed by atoms with E-state index in [9.17, 15) is 0 Å². The second-order valence-corrected chi connectivity index (χ2v) is 7.52. The number of hydrogen-bond donors (Lipinski definition) is 3. The van der Waals surface area contributed by atoms with Crippen LogP contribution in [0.2, 0.25) is 0 Å². The van der Waals surface area contributed by atoms with E-state index < -0.39 is 0 Å². The number of pyridine rings is 1. The zero-order chi connectivity index (χ0) is 20.1. The van der Waals surface area contributed by atoms with Crippen LogP contribution in [-0.4, -0.2) is 15.2 Å². The molecule has 5 aromatic rings. The topological polar surface area (TPSA) is 78.8 Å². The Hall–Kier alpha value is -4.06. The van der Waals surface area contributed by atoms with E-state index in [4.69, 9.17) is 4.42 Å². The minimum Gasteiger partial charge on any atom is -0.472 e. The lowest BCUT2D eigenvalue weighted by atomic mass is 10.0. The quantitative estimate of drug-likeness (QED) is 0.365. The van der Waals surface area contributed by atoms with Crippen LogP contribution in [0.5, 0.6) is 0 Å². The molecule has 146 valence electrons. The minimum atomic E-state index is -0.108. The van der Waals surface area contributed by atoms with Crippen LogP contribution in [0.25, 0.3) is 33.2 Å². The first kappa shape index (κ1) is 16.9. The molecule has 6 heteroatoms. The minimum absolute atomic E-state index is 0.108. The van der Waals surface area contributed by atoms with Crippen LogP contribution in [0.4, 0.5) is 11.4 Å². The summed E-state index contributed by atoms with van der Waals surface area (Å²) in [6.07, 6.45) is 7.08. The molecule has 3 N–H and O–H groups in total. The maximum Gasteiger partial charge on any atom is 0.141 e. The van der Waals surface area contributed by atoms with Crippen LogP contribution in [0.3, 0.4) is 0 Å². The molecule has 1 aliphatic rings. The van der Waals surface area contributed by atoms with Gasteiger partial charge in [0.15, 0.2) is 0 Å². The second-order valence-electron chi connectivity index (χ2n) is 7.52. The average molecular weight is 393 g/mol. The van der Waals surface area contributed by atoms with Crippen molar-refractivity contribution in [1.82, 2.24) is 15.2 Å². The van der Waals surface area contributed by atoms with E-state index in [1.165, 1.54) is 5.56 Å². The lowest BCUT2D eigenvalue weighted by molar-refractivity contribution is 0.568. The van der Waals surface area contributed by atoms with Gasteiger partial charge in [-0.2, -0.15) is 5.10 Å². The molecular formula is C24H19N5O. The molecule has 1 unspecified atom stereocenters. The molecule has 30 heavy (non-hydrogen) atoms. The van der Waals surface area contributed by atoms with E-state index in [1.807, 2.05) is 30.6 Å². The third kappa shape index (κ3) is 2.58. The van der Waals surface area contributed by atoms with Gasteiger partial charge in [-0.05, 0) is 48.4 Å². The molecule has 2 aromatic carbocycles. The number of H-pyrrole nitrogens is 1. The van der Waals surface area contributed by atoms with Gasteiger partial charge in [0.2, 0.25) is 0 Å². The lowest BCUT2D eigenvalue weighted by Crippen LogP contribution is -2.13. The molecule has 3 aromatic heterocycles. The summed E-state index contributed by atoms with van der Waals surface area (Å²) >= 11 is 0. The molecule has 4 heterocycles. The molecule has 0 bridgehead atoms. The van der Waals surface area contributed by atoms with E-state index in [0.717, 1.165) is 50.2 Å². The van der Waals surface area contributed by atoms with Crippen LogP contribution < -0.4 is 10.6 Å². The van der Waals surface area contributed by atoms with Crippen molar-refractivity contribution in [2.24, 2.45) is 0 Å². The van der Waals surface area contributed by atoms with E-state index in [-0.39, 0.29) is 6.17 Å². The van der Waals surface area contributed by atoms with E-state index >= 15 is 0 Å². The average Bonchev–Trinajstić information content (AvgIpc) is 3.51. The van der Waals surface area contributed by atoms with Gasteiger partial charge >= 0.3 is 0 Å².